The maximum Gasteiger partial charge on any atom is 0.141 e. The van der Waals surface area contributed by atoms with Crippen LogP contribution in [-0.2, 0) is 7.05 Å². The first-order valence-corrected chi connectivity index (χ1v) is 10.9. The van der Waals surface area contributed by atoms with Gasteiger partial charge in [-0.3, -0.25) is 9.67 Å². The molecular weight excluding hydrogens is 402 g/mol. The molecular formula is C25H25N5O2. The molecule has 0 saturated heterocycles. The maximum absolute atomic E-state index is 5.83. The molecule has 1 aliphatic rings. The molecule has 1 fully saturated rings. The minimum Gasteiger partial charge on any atom is -0.496 e. The fraction of sp³-hybridized carbons (Fsp3) is 0.320. The second kappa shape index (κ2) is 6.69. The Morgan fingerprint density at radius 2 is 1.91 bits per heavy atom. The number of ether oxygens (including phenoxy) is 1. The van der Waals surface area contributed by atoms with Gasteiger partial charge in [-0.25, -0.2) is 0 Å². The van der Waals surface area contributed by atoms with Gasteiger partial charge in [0.2, 0.25) is 0 Å². The van der Waals surface area contributed by atoms with Crippen molar-refractivity contribution in [3.8, 4) is 28.1 Å². The molecule has 7 nitrogen and oxygen atoms in total. The summed E-state index contributed by atoms with van der Waals surface area (Å²) in [4.78, 5) is 8.46. The van der Waals surface area contributed by atoms with Crippen LogP contribution >= 0.6 is 0 Å². The van der Waals surface area contributed by atoms with Gasteiger partial charge in [-0.15, -0.1) is 0 Å². The molecule has 162 valence electrons. The van der Waals surface area contributed by atoms with E-state index >= 15 is 0 Å². The first-order valence-electron chi connectivity index (χ1n) is 10.9. The SMILES string of the molecule is COc1cc2c(cc1-c1c(C)noc1C)[nH]c1ccnc(-c3c(C)nn(C)c3C3CC3)c12. The summed E-state index contributed by atoms with van der Waals surface area (Å²) in [5.74, 6) is 2.13. The summed E-state index contributed by atoms with van der Waals surface area (Å²) in [5, 5.41) is 11.1. The van der Waals surface area contributed by atoms with Crippen molar-refractivity contribution in [1.29, 1.82) is 0 Å². The number of pyridine rings is 1. The number of hydrogen-bond acceptors (Lipinski definition) is 5. The van der Waals surface area contributed by atoms with Gasteiger partial charge in [-0.05, 0) is 51.8 Å². The van der Waals surface area contributed by atoms with Crippen molar-refractivity contribution in [3.05, 3.63) is 47.2 Å². The number of nitrogens with zero attached hydrogens (tertiary/aromatic N) is 4. The van der Waals surface area contributed by atoms with Gasteiger partial charge in [0.25, 0.3) is 0 Å². The first kappa shape index (κ1) is 19.1. The van der Waals surface area contributed by atoms with Crippen molar-refractivity contribution in [2.45, 2.75) is 39.5 Å². The molecule has 5 aromatic rings. The molecule has 1 saturated carbocycles. The van der Waals surface area contributed by atoms with Crippen molar-refractivity contribution >= 4 is 21.8 Å². The van der Waals surface area contributed by atoms with Crippen molar-refractivity contribution in [1.82, 2.24) is 24.9 Å². The van der Waals surface area contributed by atoms with Gasteiger partial charge < -0.3 is 14.2 Å². The van der Waals surface area contributed by atoms with Crippen LogP contribution < -0.4 is 4.74 Å². The normalized spacial score (nSPS) is 14.0. The van der Waals surface area contributed by atoms with Gasteiger partial charge in [0.05, 0.1) is 41.0 Å². The third kappa shape index (κ3) is 2.63. The number of fused-ring (bicyclic) bond motifs is 3. The van der Waals surface area contributed by atoms with Crippen LogP contribution in [0.3, 0.4) is 0 Å². The van der Waals surface area contributed by atoms with Crippen LogP contribution in [0.1, 0.15) is 41.6 Å². The average Bonchev–Trinajstić information content (AvgIpc) is 3.37. The Labute approximate surface area is 185 Å². The lowest BCUT2D eigenvalue weighted by molar-refractivity contribution is 0.393. The summed E-state index contributed by atoms with van der Waals surface area (Å²) in [7, 11) is 3.74. The summed E-state index contributed by atoms with van der Waals surface area (Å²) in [6, 6.07) is 6.26. The Bertz CT molecular complexity index is 1500. The van der Waals surface area contributed by atoms with E-state index in [0.29, 0.717) is 5.92 Å². The predicted molar refractivity (Wildman–Crippen MR) is 124 cm³/mol. The van der Waals surface area contributed by atoms with E-state index in [0.717, 1.165) is 67.1 Å². The van der Waals surface area contributed by atoms with Crippen LogP contribution in [-0.4, -0.2) is 32.0 Å². The van der Waals surface area contributed by atoms with Gasteiger partial charge in [-0.1, -0.05) is 5.16 Å². The second-order valence-corrected chi connectivity index (χ2v) is 8.75. The summed E-state index contributed by atoms with van der Waals surface area (Å²) >= 11 is 0. The molecule has 0 aliphatic heterocycles. The number of aromatic amines is 1. The van der Waals surface area contributed by atoms with E-state index < -0.39 is 0 Å². The lowest BCUT2D eigenvalue weighted by Gasteiger charge is -2.10. The van der Waals surface area contributed by atoms with Crippen LogP contribution in [0.25, 0.3) is 44.2 Å². The lowest BCUT2D eigenvalue weighted by Crippen LogP contribution is -1.97. The molecule has 1 N–H and O–H groups in total. The number of hydrogen-bond donors (Lipinski definition) is 1. The number of nitrogens with one attached hydrogen (secondary N) is 1. The average molecular weight is 428 g/mol. The molecule has 4 aromatic heterocycles. The standard InChI is InChI=1S/C25H25N5O2/c1-12-22(25(15-6-7-15)30(4)28-12)24-23-16-11-20(31-5)17(21-13(2)29-32-14(21)3)10-19(16)27-18(23)8-9-26-24/h8-11,15,27H,6-7H2,1-5H3. The third-order valence-corrected chi connectivity index (χ3v) is 6.60. The van der Waals surface area contributed by atoms with E-state index in [1.165, 1.54) is 18.5 Å². The van der Waals surface area contributed by atoms with Crippen molar-refractivity contribution in [2.75, 3.05) is 7.11 Å². The zero-order valence-corrected chi connectivity index (χ0v) is 18.9. The fourth-order valence-corrected chi connectivity index (χ4v) is 5.09. The molecule has 0 radical (unpaired) electrons. The number of benzene rings is 1. The highest BCUT2D eigenvalue weighted by atomic mass is 16.5. The highest BCUT2D eigenvalue weighted by molar-refractivity contribution is 6.15. The minimum atomic E-state index is 0.569. The first-order chi connectivity index (χ1) is 15.5. The van der Waals surface area contributed by atoms with Crippen LogP contribution in [0.4, 0.5) is 0 Å². The van der Waals surface area contributed by atoms with E-state index in [1.54, 1.807) is 7.11 Å². The third-order valence-electron chi connectivity index (χ3n) is 6.60. The molecule has 0 spiro atoms. The molecule has 0 atom stereocenters. The van der Waals surface area contributed by atoms with Gasteiger partial charge in [0.15, 0.2) is 0 Å². The summed E-state index contributed by atoms with van der Waals surface area (Å²) in [6.45, 7) is 5.96. The monoisotopic (exact) mass is 427 g/mol. The van der Waals surface area contributed by atoms with Crippen molar-refractivity contribution in [3.63, 3.8) is 0 Å². The molecule has 0 amide bonds. The molecule has 7 heteroatoms. The summed E-state index contributed by atoms with van der Waals surface area (Å²) < 4.78 is 13.3. The molecule has 1 aliphatic carbocycles. The zero-order valence-electron chi connectivity index (χ0n) is 18.9. The Morgan fingerprint density at radius 3 is 2.59 bits per heavy atom. The molecule has 4 heterocycles. The van der Waals surface area contributed by atoms with E-state index in [1.807, 2.05) is 37.8 Å². The minimum absolute atomic E-state index is 0.569. The zero-order chi connectivity index (χ0) is 22.1. The van der Waals surface area contributed by atoms with Gasteiger partial charge in [0, 0.05) is 46.6 Å². The van der Waals surface area contributed by atoms with Crippen LogP contribution in [0.2, 0.25) is 0 Å². The molecule has 6 rings (SSSR count). The van der Waals surface area contributed by atoms with Crippen LogP contribution in [0, 0.1) is 20.8 Å². The Morgan fingerprint density at radius 1 is 1.09 bits per heavy atom. The number of aromatic nitrogens is 5. The Hall–Kier alpha value is -3.61. The lowest BCUT2D eigenvalue weighted by atomic mass is 9.98. The van der Waals surface area contributed by atoms with Crippen molar-refractivity contribution < 1.29 is 9.26 Å². The smallest absolute Gasteiger partial charge is 0.141 e. The molecule has 0 unspecified atom stereocenters. The maximum atomic E-state index is 5.83. The molecule has 32 heavy (non-hydrogen) atoms. The van der Waals surface area contributed by atoms with Crippen LogP contribution in [0.15, 0.2) is 28.9 Å². The fourth-order valence-electron chi connectivity index (χ4n) is 5.09. The van der Waals surface area contributed by atoms with E-state index in [9.17, 15) is 0 Å². The van der Waals surface area contributed by atoms with Crippen molar-refractivity contribution in [2.24, 2.45) is 7.05 Å². The van der Waals surface area contributed by atoms with Gasteiger partial charge >= 0.3 is 0 Å². The van der Waals surface area contributed by atoms with E-state index in [-0.39, 0.29) is 0 Å². The molecule has 1 aromatic carbocycles. The Balaban J connectivity index is 1.67. The number of methoxy groups -OCH3 is 1. The summed E-state index contributed by atoms with van der Waals surface area (Å²) in [6.07, 6.45) is 4.30. The van der Waals surface area contributed by atoms with E-state index in [4.69, 9.17) is 19.3 Å². The number of aryl methyl sites for hydroxylation is 4. The largest absolute Gasteiger partial charge is 0.496 e. The van der Waals surface area contributed by atoms with Crippen LogP contribution in [0.5, 0.6) is 5.75 Å². The quantitative estimate of drug-likeness (QED) is 0.405. The summed E-state index contributed by atoms with van der Waals surface area (Å²) in [5.41, 5.74) is 9.31. The topological polar surface area (TPSA) is 81.8 Å². The predicted octanol–water partition coefficient (Wildman–Crippen LogP) is 5.58. The number of rotatable bonds is 4. The molecule has 0 bridgehead atoms. The van der Waals surface area contributed by atoms with Gasteiger partial charge in [0.1, 0.15) is 11.5 Å². The Kier molecular flexibility index (Phi) is 4.00. The van der Waals surface area contributed by atoms with E-state index in [2.05, 4.69) is 29.2 Å². The highest BCUT2D eigenvalue weighted by Crippen LogP contribution is 2.47. The second-order valence-electron chi connectivity index (χ2n) is 8.75. The number of H-pyrrole nitrogens is 1. The van der Waals surface area contributed by atoms with Gasteiger partial charge in [-0.2, -0.15) is 5.10 Å². The highest BCUT2D eigenvalue weighted by Gasteiger charge is 2.32.